The molecule has 0 amide bonds. The van der Waals surface area contributed by atoms with Gasteiger partial charge in [0.2, 0.25) is 7.37 Å². The van der Waals surface area contributed by atoms with Gasteiger partial charge in [0.1, 0.15) is 16.8 Å². The molecule has 0 aromatic heterocycles. The highest BCUT2D eigenvalue weighted by Gasteiger charge is 2.51. The van der Waals surface area contributed by atoms with Crippen molar-refractivity contribution in [3.8, 4) is 0 Å². The molecule has 1 heterocycles. The summed E-state index contributed by atoms with van der Waals surface area (Å²) < 4.78 is 21.7. The molecule has 2 rings (SSSR count). The molecule has 1 aliphatic rings. The Morgan fingerprint density at radius 1 is 1.42 bits per heavy atom. The predicted molar refractivity (Wildman–Crippen MR) is 73.8 cm³/mol. The number of aliphatic hydroxyl groups excluding tert-OH is 1. The lowest BCUT2D eigenvalue weighted by Crippen LogP contribution is -2.31. The van der Waals surface area contributed by atoms with E-state index < -0.39 is 30.1 Å². The summed E-state index contributed by atoms with van der Waals surface area (Å²) in [5.74, 6) is -0.547. The maximum atomic E-state index is 12.2. The van der Waals surface area contributed by atoms with E-state index in [1.54, 1.807) is 30.3 Å². The molecule has 4 atom stereocenters. The van der Waals surface area contributed by atoms with E-state index >= 15 is 0 Å². The quantitative estimate of drug-likeness (QED) is 0.515. The van der Waals surface area contributed by atoms with Gasteiger partial charge in [-0.05, 0) is 12.1 Å². The number of hydrogen-bond donors (Lipinski definition) is 1. The molecule has 1 aliphatic heterocycles. The molecule has 0 spiro atoms. The van der Waals surface area contributed by atoms with Crippen LogP contribution in [0.4, 0.5) is 0 Å². The Morgan fingerprint density at radius 3 is 2.58 bits per heavy atom. The van der Waals surface area contributed by atoms with Crippen molar-refractivity contribution in [2.75, 3.05) is 13.3 Å². The molecular weight excluding hydrogens is 335 g/mol. The van der Waals surface area contributed by atoms with Gasteiger partial charge >= 0.3 is 5.97 Å². The average Bonchev–Trinajstić information content (AvgIpc) is 2.65. The Morgan fingerprint density at radius 2 is 2.05 bits per heavy atom. The number of benzene rings is 1. The molecule has 1 aromatic carbocycles. The summed E-state index contributed by atoms with van der Waals surface area (Å²) in [6, 6.07) is 8.45. The second-order valence-electron chi connectivity index (χ2n) is 4.26. The van der Waals surface area contributed by atoms with Crippen LogP contribution in [0.15, 0.2) is 30.3 Å². The van der Waals surface area contributed by atoms with Crippen LogP contribution in [0, 0.1) is 0 Å². The van der Waals surface area contributed by atoms with Crippen LogP contribution in [0.2, 0.25) is 0 Å². The maximum absolute atomic E-state index is 12.2. The molecule has 1 N–H and O–H groups in total. The second kappa shape index (κ2) is 5.75. The molecule has 1 saturated heterocycles. The van der Waals surface area contributed by atoms with Crippen molar-refractivity contribution in [1.29, 1.82) is 0 Å². The van der Waals surface area contributed by atoms with Crippen molar-refractivity contribution < 1.29 is 23.7 Å². The van der Waals surface area contributed by atoms with Crippen LogP contribution in [0.1, 0.15) is 10.4 Å². The Hall–Kier alpha value is -0.680. The summed E-state index contributed by atoms with van der Waals surface area (Å²) in [5.41, 5.74) is 0.389. The van der Waals surface area contributed by atoms with Crippen LogP contribution in [0.25, 0.3) is 0 Å². The topological polar surface area (TPSA) is 72.8 Å². The number of hydrogen-bond acceptors (Lipinski definition) is 5. The number of esters is 1. The smallest absolute Gasteiger partial charge is 0.338 e. The van der Waals surface area contributed by atoms with Crippen LogP contribution in [-0.2, 0) is 13.8 Å². The largest absolute Gasteiger partial charge is 0.455 e. The zero-order valence-electron chi connectivity index (χ0n) is 10.2. The van der Waals surface area contributed by atoms with Crippen LogP contribution in [0.3, 0.4) is 0 Å². The molecule has 0 unspecified atom stereocenters. The zero-order valence-corrected chi connectivity index (χ0v) is 12.7. The van der Waals surface area contributed by atoms with Gasteiger partial charge in [-0.3, -0.25) is 4.57 Å². The number of alkyl halides is 1. The van der Waals surface area contributed by atoms with Crippen molar-refractivity contribution in [3.63, 3.8) is 0 Å². The van der Waals surface area contributed by atoms with Crippen molar-refractivity contribution in [3.05, 3.63) is 35.9 Å². The lowest BCUT2D eigenvalue weighted by Gasteiger charge is -2.15. The summed E-state index contributed by atoms with van der Waals surface area (Å²) >= 11 is 3.14. The normalized spacial score (nSPS) is 34.2. The van der Waals surface area contributed by atoms with Crippen LogP contribution < -0.4 is 0 Å². The highest BCUT2D eigenvalue weighted by molar-refractivity contribution is 9.10. The van der Waals surface area contributed by atoms with Gasteiger partial charge < -0.3 is 14.4 Å². The van der Waals surface area contributed by atoms with Crippen LogP contribution in [0.5, 0.6) is 0 Å². The van der Waals surface area contributed by atoms with Gasteiger partial charge in [-0.15, -0.1) is 0 Å². The lowest BCUT2D eigenvalue weighted by atomic mass is 10.2. The molecule has 19 heavy (non-hydrogen) atoms. The van der Waals surface area contributed by atoms with Gasteiger partial charge in [0.15, 0.2) is 0 Å². The van der Waals surface area contributed by atoms with Crippen molar-refractivity contribution >= 4 is 29.3 Å². The molecule has 104 valence electrons. The second-order valence-corrected chi connectivity index (χ2v) is 8.70. The lowest BCUT2D eigenvalue weighted by molar-refractivity contribution is 0.000655. The first-order chi connectivity index (χ1) is 8.98. The Labute approximate surface area is 119 Å². The Bertz CT molecular complexity index is 506. The average molecular weight is 349 g/mol. The van der Waals surface area contributed by atoms with Crippen molar-refractivity contribution in [1.82, 2.24) is 0 Å². The number of rotatable bonds is 3. The molecule has 0 aliphatic carbocycles. The summed E-state index contributed by atoms with van der Waals surface area (Å²) in [7, 11) is -1.69. The van der Waals surface area contributed by atoms with E-state index in [-0.39, 0.29) is 6.16 Å². The summed E-state index contributed by atoms with van der Waals surface area (Å²) in [6.45, 7) is 0. The minimum Gasteiger partial charge on any atom is -0.455 e. The van der Waals surface area contributed by atoms with E-state index in [0.29, 0.717) is 5.56 Å². The summed E-state index contributed by atoms with van der Waals surface area (Å²) in [6.07, 6.45) is -1.86. The SMILES string of the molecule is CO[P@@]1(=O)C[C@H](OC(=O)c2ccccc2)[C@H](O)[C@H]1Br. The number of carbonyl (C=O) groups is 1. The number of halogens is 1. The third kappa shape index (κ3) is 2.92. The van der Waals surface area contributed by atoms with E-state index in [1.165, 1.54) is 7.11 Å². The molecule has 1 aromatic rings. The Balaban J connectivity index is 2.09. The zero-order chi connectivity index (χ0) is 14.0. The fourth-order valence-electron chi connectivity index (χ4n) is 1.93. The molecule has 5 nitrogen and oxygen atoms in total. The highest BCUT2D eigenvalue weighted by atomic mass is 79.9. The molecule has 0 saturated carbocycles. The number of aliphatic hydroxyl groups is 1. The van der Waals surface area contributed by atoms with Crippen molar-refractivity contribution in [2.24, 2.45) is 0 Å². The van der Waals surface area contributed by atoms with Gasteiger partial charge in [0.05, 0.1) is 11.7 Å². The van der Waals surface area contributed by atoms with Crippen molar-refractivity contribution in [2.45, 2.75) is 16.8 Å². The third-order valence-corrected chi connectivity index (χ3v) is 8.01. The first-order valence-electron chi connectivity index (χ1n) is 5.70. The van der Waals surface area contributed by atoms with Gasteiger partial charge in [-0.25, -0.2) is 4.79 Å². The van der Waals surface area contributed by atoms with E-state index in [4.69, 9.17) is 9.26 Å². The van der Waals surface area contributed by atoms with Gasteiger partial charge in [0, 0.05) is 7.11 Å². The predicted octanol–water partition coefficient (Wildman–Crippen LogP) is 2.23. The summed E-state index contributed by atoms with van der Waals surface area (Å²) in [4.78, 5) is 11.9. The van der Waals surface area contributed by atoms with Crippen LogP contribution in [-0.4, -0.2) is 41.1 Å². The van der Waals surface area contributed by atoms with E-state index in [2.05, 4.69) is 15.9 Å². The first kappa shape index (κ1) is 14.7. The number of ether oxygens (including phenoxy) is 1. The third-order valence-electron chi connectivity index (χ3n) is 3.05. The summed E-state index contributed by atoms with van der Waals surface area (Å²) in [5, 5.41) is 9.94. The molecule has 1 fully saturated rings. The standard InChI is InChI=1S/C12H14BrO5P/c1-17-19(16)7-9(10(14)11(19)13)18-12(15)8-5-3-2-4-6-8/h2-6,9-11,14H,7H2,1H3/t9-,10-,11-,19-/m0/s1. The maximum Gasteiger partial charge on any atom is 0.338 e. The van der Waals surface area contributed by atoms with Crippen LogP contribution >= 0.6 is 23.3 Å². The number of carbonyl (C=O) groups excluding carboxylic acids is 1. The molecule has 7 heteroatoms. The highest BCUT2D eigenvalue weighted by Crippen LogP contribution is 2.61. The Kier molecular flexibility index (Phi) is 4.46. The van der Waals surface area contributed by atoms with Gasteiger partial charge in [0.25, 0.3) is 0 Å². The fourth-order valence-corrected chi connectivity index (χ4v) is 5.28. The first-order valence-corrected chi connectivity index (χ1v) is 8.50. The fraction of sp³-hybridized carbons (Fsp3) is 0.417. The van der Waals surface area contributed by atoms with E-state index in [0.717, 1.165) is 0 Å². The minimum absolute atomic E-state index is 0.0131. The van der Waals surface area contributed by atoms with Gasteiger partial charge in [-0.1, -0.05) is 34.1 Å². The molecule has 0 bridgehead atoms. The molecule has 0 radical (unpaired) electrons. The van der Waals surface area contributed by atoms with E-state index in [1.807, 2.05) is 0 Å². The monoisotopic (exact) mass is 348 g/mol. The van der Waals surface area contributed by atoms with Gasteiger partial charge in [-0.2, -0.15) is 0 Å². The van der Waals surface area contributed by atoms with E-state index in [9.17, 15) is 14.5 Å². The molecular formula is C12H14BrO5P. The minimum atomic E-state index is -3.01.